The Labute approximate surface area is 141 Å². The van der Waals surface area contributed by atoms with E-state index in [0.717, 1.165) is 5.16 Å². The van der Waals surface area contributed by atoms with Crippen molar-refractivity contribution >= 4 is 23.6 Å². The van der Waals surface area contributed by atoms with Crippen molar-refractivity contribution < 1.29 is 4.79 Å². The minimum absolute atomic E-state index is 0.134. The average Bonchev–Trinajstić information content (AvgIpc) is 2.92. The Hall–Kier alpha value is -1.89. The molecule has 2 aromatic heterocycles. The van der Waals surface area contributed by atoms with E-state index in [0.29, 0.717) is 17.9 Å². The lowest BCUT2D eigenvalue weighted by Gasteiger charge is -2.18. The molecule has 0 aliphatic carbocycles. The first-order valence-corrected chi connectivity index (χ1v) is 8.59. The molecule has 124 valence electrons. The van der Waals surface area contributed by atoms with E-state index in [-0.39, 0.29) is 11.2 Å². The zero-order chi connectivity index (χ0) is 17.0. The second kappa shape index (κ2) is 7.59. The van der Waals surface area contributed by atoms with E-state index >= 15 is 0 Å². The van der Waals surface area contributed by atoms with Gasteiger partial charge in [0.1, 0.15) is 0 Å². The molecule has 6 nitrogen and oxygen atoms in total. The zero-order valence-corrected chi connectivity index (χ0v) is 15.0. The highest BCUT2D eigenvalue weighted by Crippen LogP contribution is 2.29. The first kappa shape index (κ1) is 17.5. The Morgan fingerprint density at radius 1 is 1.13 bits per heavy atom. The predicted octanol–water partition coefficient (Wildman–Crippen LogP) is 3.50. The summed E-state index contributed by atoms with van der Waals surface area (Å²) >= 11 is 1.45. The number of carbonyl (C=O) groups excluding carboxylic acids is 1. The first-order chi connectivity index (χ1) is 10.9. The molecular formula is C16H23N5OS. The third-order valence-electron chi connectivity index (χ3n) is 3.35. The smallest absolute Gasteiger partial charge is 0.240 e. The molecule has 2 rings (SSSR count). The van der Waals surface area contributed by atoms with Crippen molar-refractivity contribution in [3.63, 3.8) is 0 Å². The third kappa shape index (κ3) is 4.31. The van der Waals surface area contributed by atoms with Gasteiger partial charge >= 0.3 is 0 Å². The maximum absolute atomic E-state index is 12.3. The molecule has 0 radical (unpaired) electrons. The minimum Gasteiger partial charge on any atom is -0.320 e. The van der Waals surface area contributed by atoms with E-state index < -0.39 is 0 Å². The van der Waals surface area contributed by atoms with Crippen molar-refractivity contribution in [2.24, 2.45) is 0 Å². The van der Waals surface area contributed by atoms with Gasteiger partial charge < -0.3 is 4.57 Å². The summed E-state index contributed by atoms with van der Waals surface area (Å²) in [5.41, 5.74) is 1.18. The van der Waals surface area contributed by atoms with Gasteiger partial charge in [0.25, 0.3) is 0 Å². The van der Waals surface area contributed by atoms with Crippen molar-refractivity contribution in [2.45, 2.75) is 57.0 Å². The van der Waals surface area contributed by atoms with Crippen molar-refractivity contribution in [1.29, 1.82) is 0 Å². The van der Waals surface area contributed by atoms with E-state index in [1.807, 2.05) is 13.1 Å². The molecule has 1 amide bonds. The SMILES string of the molecule is CC(Sc1ncc(C(C)C)n1C(C)C)C(=O)Nc1ncccn1. The van der Waals surface area contributed by atoms with Gasteiger partial charge in [-0.1, -0.05) is 25.6 Å². The van der Waals surface area contributed by atoms with Crippen LogP contribution in [0.15, 0.2) is 29.8 Å². The van der Waals surface area contributed by atoms with E-state index in [9.17, 15) is 4.79 Å². The highest BCUT2D eigenvalue weighted by Gasteiger charge is 2.21. The molecule has 0 aliphatic rings. The molecule has 23 heavy (non-hydrogen) atoms. The fourth-order valence-corrected chi connectivity index (χ4v) is 3.20. The maximum Gasteiger partial charge on any atom is 0.240 e. The number of anilines is 1. The summed E-state index contributed by atoms with van der Waals surface area (Å²) in [5, 5.41) is 3.29. The summed E-state index contributed by atoms with van der Waals surface area (Å²) in [4.78, 5) is 24.8. The Kier molecular flexibility index (Phi) is 5.76. The summed E-state index contributed by atoms with van der Waals surface area (Å²) in [7, 11) is 0. The minimum atomic E-state index is -0.293. The van der Waals surface area contributed by atoms with Gasteiger partial charge in [-0.05, 0) is 32.8 Å². The molecule has 1 atom stereocenters. The average molecular weight is 333 g/mol. The number of thioether (sulfide) groups is 1. The summed E-state index contributed by atoms with van der Waals surface area (Å²) in [6.45, 7) is 10.4. The summed E-state index contributed by atoms with van der Waals surface area (Å²) < 4.78 is 2.19. The molecule has 0 aliphatic heterocycles. The van der Waals surface area contributed by atoms with Gasteiger partial charge in [-0.25, -0.2) is 15.0 Å². The zero-order valence-electron chi connectivity index (χ0n) is 14.1. The lowest BCUT2D eigenvalue weighted by atomic mass is 10.1. The van der Waals surface area contributed by atoms with E-state index in [2.05, 4.69) is 52.5 Å². The first-order valence-electron chi connectivity index (χ1n) is 7.71. The summed E-state index contributed by atoms with van der Waals surface area (Å²) in [5.74, 6) is 0.576. The van der Waals surface area contributed by atoms with Gasteiger partial charge in [-0.15, -0.1) is 0 Å². The quantitative estimate of drug-likeness (QED) is 0.819. The lowest BCUT2D eigenvalue weighted by Crippen LogP contribution is -2.24. The molecule has 2 aromatic rings. The van der Waals surface area contributed by atoms with Crippen LogP contribution in [0.5, 0.6) is 0 Å². The maximum atomic E-state index is 12.3. The fourth-order valence-electron chi connectivity index (χ4n) is 2.18. The Balaban J connectivity index is 2.11. The number of rotatable bonds is 6. The predicted molar refractivity (Wildman–Crippen MR) is 92.7 cm³/mol. The lowest BCUT2D eigenvalue weighted by molar-refractivity contribution is -0.115. The van der Waals surface area contributed by atoms with Crippen molar-refractivity contribution in [3.8, 4) is 0 Å². The highest BCUT2D eigenvalue weighted by molar-refractivity contribution is 8.00. The Morgan fingerprint density at radius 3 is 2.35 bits per heavy atom. The highest BCUT2D eigenvalue weighted by atomic mass is 32.2. The van der Waals surface area contributed by atoms with Gasteiger partial charge in [0.05, 0.1) is 5.25 Å². The topological polar surface area (TPSA) is 72.7 Å². The molecule has 0 aromatic carbocycles. The van der Waals surface area contributed by atoms with Crippen LogP contribution in [-0.4, -0.2) is 30.7 Å². The second-order valence-corrected chi connectivity index (χ2v) is 7.21. The normalized spacial score (nSPS) is 12.7. The van der Waals surface area contributed by atoms with Crippen LogP contribution >= 0.6 is 11.8 Å². The number of nitrogens with zero attached hydrogens (tertiary/aromatic N) is 4. The van der Waals surface area contributed by atoms with Crippen molar-refractivity contribution in [2.75, 3.05) is 5.32 Å². The molecule has 0 saturated heterocycles. The fraction of sp³-hybridized carbons (Fsp3) is 0.500. The number of aromatic nitrogens is 4. The molecular weight excluding hydrogens is 310 g/mol. The van der Waals surface area contributed by atoms with Crippen LogP contribution in [0, 0.1) is 0 Å². The van der Waals surface area contributed by atoms with Gasteiger partial charge in [0.2, 0.25) is 11.9 Å². The van der Waals surface area contributed by atoms with Crippen LogP contribution in [0.25, 0.3) is 0 Å². The third-order valence-corrected chi connectivity index (χ3v) is 4.43. The van der Waals surface area contributed by atoms with Gasteiger partial charge in [0, 0.05) is 30.3 Å². The van der Waals surface area contributed by atoms with Gasteiger partial charge in [-0.2, -0.15) is 0 Å². The Bertz CT molecular complexity index is 654. The van der Waals surface area contributed by atoms with Crippen LogP contribution in [-0.2, 0) is 4.79 Å². The summed E-state index contributed by atoms with van der Waals surface area (Å²) in [6, 6.07) is 2.01. The number of hydrogen-bond donors (Lipinski definition) is 1. The standard InChI is InChI=1S/C16H23N5OS/c1-10(2)13-9-19-16(21(13)11(3)4)23-12(5)14(22)20-15-17-7-6-8-18-15/h6-12H,1-5H3,(H,17,18,20,22). The van der Waals surface area contributed by atoms with Crippen molar-refractivity contribution in [1.82, 2.24) is 19.5 Å². The van der Waals surface area contributed by atoms with Crippen LogP contribution in [0.3, 0.4) is 0 Å². The molecule has 0 saturated carbocycles. The van der Waals surface area contributed by atoms with Gasteiger partial charge in [0.15, 0.2) is 5.16 Å². The van der Waals surface area contributed by atoms with Crippen LogP contribution in [0.1, 0.15) is 52.3 Å². The van der Waals surface area contributed by atoms with Gasteiger partial charge in [-0.3, -0.25) is 10.1 Å². The molecule has 1 unspecified atom stereocenters. The number of carbonyl (C=O) groups is 1. The van der Waals surface area contributed by atoms with E-state index in [1.54, 1.807) is 18.5 Å². The number of nitrogens with one attached hydrogen (secondary N) is 1. The van der Waals surface area contributed by atoms with Crippen molar-refractivity contribution in [3.05, 3.63) is 30.4 Å². The monoisotopic (exact) mass is 333 g/mol. The van der Waals surface area contributed by atoms with Crippen LogP contribution in [0.4, 0.5) is 5.95 Å². The molecule has 0 bridgehead atoms. The number of imidazole rings is 1. The summed E-state index contributed by atoms with van der Waals surface area (Å²) in [6.07, 6.45) is 5.10. The molecule has 0 fully saturated rings. The van der Waals surface area contributed by atoms with E-state index in [1.165, 1.54) is 17.5 Å². The number of hydrogen-bond acceptors (Lipinski definition) is 5. The molecule has 0 spiro atoms. The molecule has 2 heterocycles. The molecule has 1 N–H and O–H groups in total. The molecule has 7 heteroatoms. The number of amides is 1. The largest absolute Gasteiger partial charge is 0.320 e. The van der Waals surface area contributed by atoms with E-state index in [4.69, 9.17) is 0 Å². The Morgan fingerprint density at radius 2 is 1.78 bits per heavy atom. The second-order valence-electron chi connectivity index (χ2n) is 5.91. The van der Waals surface area contributed by atoms with Crippen LogP contribution in [0.2, 0.25) is 0 Å². The van der Waals surface area contributed by atoms with Crippen LogP contribution < -0.4 is 5.32 Å².